The molecule has 0 bridgehead atoms. The van der Waals surface area contributed by atoms with Gasteiger partial charge in [-0.15, -0.1) is 0 Å². The van der Waals surface area contributed by atoms with Gasteiger partial charge in [-0.05, 0) is 36.6 Å². The van der Waals surface area contributed by atoms with E-state index in [4.69, 9.17) is 11.6 Å². The Kier molecular flexibility index (Phi) is 2.77. The fourth-order valence-electron chi connectivity index (χ4n) is 0.937. The predicted molar refractivity (Wildman–Crippen MR) is 46.8 cm³/mol. The number of phenols is 1. The minimum atomic E-state index is 0.313. The topological polar surface area (TPSA) is 20.2 Å². The van der Waals surface area contributed by atoms with E-state index in [1.54, 1.807) is 18.2 Å². The number of rotatable bonds is 2. The smallest absolute Gasteiger partial charge is 0.118 e. The van der Waals surface area contributed by atoms with Crippen LogP contribution in [0.5, 0.6) is 5.75 Å². The van der Waals surface area contributed by atoms with Crippen molar-refractivity contribution < 1.29 is 5.11 Å². The average molecular weight is 170 g/mol. The third-order valence-electron chi connectivity index (χ3n) is 1.47. The summed E-state index contributed by atoms with van der Waals surface area (Å²) in [5, 5.41) is 9.95. The number of hydrogen-bond acceptors (Lipinski definition) is 1. The number of benzene rings is 1. The molecule has 59 valence electrons. The van der Waals surface area contributed by atoms with Crippen molar-refractivity contribution in [2.75, 3.05) is 0 Å². The average Bonchev–Trinajstić information content (AvgIpc) is 1.98. The molecule has 1 rings (SSSR count). The van der Waals surface area contributed by atoms with Crippen LogP contribution in [0.3, 0.4) is 0 Å². The Hall–Kier alpha value is -0.690. The maximum absolute atomic E-state index is 9.29. The van der Waals surface area contributed by atoms with Gasteiger partial charge >= 0.3 is 0 Å². The molecule has 1 radical (unpaired) electrons. The molecule has 1 N–H and O–H groups in total. The lowest BCUT2D eigenvalue weighted by molar-refractivity contribution is 0.469. The van der Waals surface area contributed by atoms with Crippen LogP contribution in [0, 0.1) is 6.42 Å². The van der Waals surface area contributed by atoms with Crippen LogP contribution in [0.2, 0.25) is 5.02 Å². The van der Waals surface area contributed by atoms with Crippen molar-refractivity contribution in [1.29, 1.82) is 0 Å². The molecule has 0 amide bonds. The quantitative estimate of drug-likeness (QED) is 0.722. The molecule has 11 heavy (non-hydrogen) atoms. The molecule has 0 aliphatic rings. The van der Waals surface area contributed by atoms with Crippen LogP contribution < -0.4 is 0 Å². The summed E-state index contributed by atoms with van der Waals surface area (Å²) in [4.78, 5) is 0. The first-order valence-electron chi connectivity index (χ1n) is 3.49. The molecule has 0 saturated carbocycles. The van der Waals surface area contributed by atoms with Crippen molar-refractivity contribution in [1.82, 2.24) is 0 Å². The van der Waals surface area contributed by atoms with Crippen molar-refractivity contribution in [3.63, 3.8) is 0 Å². The van der Waals surface area contributed by atoms with Gasteiger partial charge in [0.1, 0.15) is 5.75 Å². The van der Waals surface area contributed by atoms with Crippen LogP contribution in [-0.2, 0) is 6.42 Å². The van der Waals surface area contributed by atoms with Crippen molar-refractivity contribution in [2.45, 2.75) is 13.3 Å². The summed E-state index contributed by atoms with van der Waals surface area (Å²) in [6, 6.07) is 5.06. The third-order valence-corrected chi connectivity index (χ3v) is 1.70. The van der Waals surface area contributed by atoms with Crippen molar-refractivity contribution in [3.05, 3.63) is 35.2 Å². The maximum Gasteiger partial charge on any atom is 0.118 e. The standard InChI is InChI=1S/C9H10ClO/c1-2-3-7-6-8(10)4-5-9(7)11/h2,4-6,11H,3H2,1H3. The molecule has 0 heterocycles. The molecule has 0 unspecified atom stereocenters. The summed E-state index contributed by atoms with van der Waals surface area (Å²) in [6.45, 7) is 1.94. The van der Waals surface area contributed by atoms with Gasteiger partial charge in [-0.25, -0.2) is 0 Å². The SMILES string of the molecule is C[CH]Cc1cc(Cl)ccc1O. The highest BCUT2D eigenvalue weighted by Gasteiger charge is 1.99. The minimum Gasteiger partial charge on any atom is -0.508 e. The van der Waals surface area contributed by atoms with Gasteiger partial charge in [-0.1, -0.05) is 18.5 Å². The van der Waals surface area contributed by atoms with E-state index in [1.165, 1.54) is 0 Å². The van der Waals surface area contributed by atoms with E-state index in [9.17, 15) is 5.11 Å². The Labute approximate surface area is 71.6 Å². The van der Waals surface area contributed by atoms with Gasteiger partial charge in [-0.3, -0.25) is 0 Å². The molecule has 0 saturated heterocycles. The molecule has 0 spiro atoms. The van der Waals surface area contributed by atoms with Gasteiger partial charge in [0.25, 0.3) is 0 Å². The van der Waals surface area contributed by atoms with Crippen LogP contribution >= 0.6 is 11.6 Å². The fraction of sp³-hybridized carbons (Fsp3) is 0.222. The minimum absolute atomic E-state index is 0.313. The van der Waals surface area contributed by atoms with Crippen LogP contribution in [0.1, 0.15) is 12.5 Å². The molecule has 2 heteroatoms. The number of hydrogen-bond donors (Lipinski definition) is 1. The lowest BCUT2D eigenvalue weighted by Crippen LogP contribution is -1.83. The molecule has 0 aliphatic heterocycles. The second-order valence-corrected chi connectivity index (χ2v) is 2.82. The Balaban J connectivity index is 2.93. The van der Waals surface area contributed by atoms with E-state index >= 15 is 0 Å². The van der Waals surface area contributed by atoms with Gasteiger partial charge in [0.05, 0.1) is 0 Å². The van der Waals surface area contributed by atoms with Gasteiger partial charge < -0.3 is 5.11 Å². The summed E-state index contributed by atoms with van der Waals surface area (Å²) >= 11 is 5.73. The molecular weight excluding hydrogens is 160 g/mol. The van der Waals surface area contributed by atoms with Crippen LogP contribution in [0.15, 0.2) is 18.2 Å². The van der Waals surface area contributed by atoms with E-state index in [0.29, 0.717) is 10.8 Å². The molecular formula is C9H10ClO. The molecule has 0 aliphatic carbocycles. The van der Waals surface area contributed by atoms with Crippen LogP contribution in [-0.4, -0.2) is 5.11 Å². The van der Waals surface area contributed by atoms with Crippen LogP contribution in [0.25, 0.3) is 0 Å². The summed E-state index contributed by atoms with van der Waals surface area (Å²) in [7, 11) is 0. The van der Waals surface area contributed by atoms with E-state index in [0.717, 1.165) is 12.0 Å². The Bertz CT molecular complexity index is 245. The zero-order valence-corrected chi connectivity index (χ0v) is 7.10. The van der Waals surface area contributed by atoms with E-state index in [1.807, 2.05) is 13.3 Å². The highest BCUT2D eigenvalue weighted by molar-refractivity contribution is 6.30. The van der Waals surface area contributed by atoms with Gasteiger partial charge in [0.2, 0.25) is 0 Å². The molecule has 0 aromatic heterocycles. The fourth-order valence-corrected chi connectivity index (χ4v) is 1.13. The number of phenolic OH excluding ortho intramolecular Hbond substituents is 1. The summed E-state index contributed by atoms with van der Waals surface area (Å²) in [6.07, 6.45) is 2.73. The first-order valence-corrected chi connectivity index (χ1v) is 3.87. The van der Waals surface area contributed by atoms with Crippen LogP contribution in [0.4, 0.5) is 0 Å². The largest absolute Gasteiger partial charge is 0.508 e. The molecule has 0 atom stereocenters. The van der Waals surface area contributed by atoms with Gasteiger partial charge in [-0.2, -0.15) is 0 Å². The zero-order valence-electron chi connectivity index (χ0n) is 6.34. The predicted octanol–water partition coefficient (Wildman–Crippen LogP) is 2.81. The van der Waals surface area contributed by atoms with Gasteiger partial charge in [0.15, 0.2) is 0 Å². The number of halogens is 1. The third kappa shape index (κ3) is 2.12. The summed E-state index contributed by atoms with van der Waals surface area (Å²) in [5.74, 6) is 0.313. The lowest BCUT2D eigenvalue weighted by atomic mass is 10.1. The maximum atomic E-state index is 9.29. The van der Waals surface area contributed by atoms with E-state index in [-0.39, 0.29) is 0 Å². The second kappa shape index (κ2) is 3.63. The normalized spacial score (nSPS) is 10.0. The molecule has 1 aromatic rings. The molecule has 0 fully saturated rings. The van der Waals surface area contributed by atoms with E-state index in [2.05, 4.69) is 0 Å². The van der Waals surface area contributed by atoms with Crippen molar-refractivity contribution in [2.24, 2.45) is 0 Å². The monoisotopic (exact) mass is 169 g/mol. The highest BCUT2D eigenvalue weighted by Crippen LogP contribution is 2.22. The van der Waals surface area contributed by atoms with E-state index < -0.39 is 0 Å². The number of aromatic hydroxyl groups is 1. The van der Waals surface area contributed by atoms with Crippen molar-refractivity contribution in [3.8, 4) is 5.75 Å². The summed E-state index contributed by atoms with van der Waals surface area (Å²) in [5.41, 5.74) is 0.875. The Morgan fingerprint density at radius 3 is 2.91 bits per heavy atom. The molecule has 1 nitrogen and oxygen atoms in total. The second-order valence-electron chi connectivity index (χ2n) is 2.39. The van der Waals surface area contributed by atoms with Gasteiger partial charge in [0, 0.05) is 5.02 Å². The Morgan fingerprint density at radius 2 is 2.27 bits per heavy atom. The first-order chi connectivity index (χ1) is 5.24. The first kappa shape index (κ1) is 8.41. The lowest BCUT2D eigenvalue weighted by Gasteiger charge is -2.01. The molecule has 1 aromatic carbocycles. The Morgan fingerprint density at radius 1 is 1.55 bits per heavy atom. The zero-order chi connectivity index (χ0) is 8.27. The summed E-state index contributed by atoms with van der Waals surface area (Å²) < 4.78 is 0. The highest BCUT2D eigenvalue weighted by atomic mass is 35.5. The van der Waals surface area contributed by atoms with Crippen molar-refractivity contribution >= 4 is 11.6 Å².